The lowest BCUT2D eigenvalue weighted by molar-refractivity contribution is -0.190. The number of thioether (sulfide) groups is 1. The third-order valence-corrected chi connectivity index (χ3v) is 5.01. The molecule has 0 saturated carbocycles. The highest BCUT2D eigenvalue weighted by Crippen LogP contribution is 2.40. The molecule has 1 aromatic carbocycles. The normalized spacial score (nSPS) is 30.5. The minimum Gasteiger partial charge on any atom is -0.455 e. The van der Waals surface area contributed by atoms with Gasteiger partial charge in [-0.1, -0.05) is 29.5 Å². The average Bonchev–Trinajstić information content (AvgIpc) is 2.74. The molecule has 2 aliphatic heterocycles. The molecule has 2 heterocycles. The van der Waals surface area contributed by atoms with Crippen LogP contribution >= 0.6 is 11.8 Å². The van der Waals surface area contributed by atoms with E-state index < -0.39 is 47.8 Å². The topological polar surface area (TPSA) is 88.1 Å². The van der Waals surface area contributed by atoms with Gasteiger partial charge in [-0.2, -0.15) is 0 Å². The number of ether oxygens (including phenoxy) is 4. The van der Waals surface area contributed by atoms with Crippen LogP contribution in [0.2, 0.25) is 0 Å². The minimum absolute atomic E-state index is 0.536. The molecule has 0 amide bonds. The number of fused-ring (bicyclic) bond motifs is 2. The molecule has 0 aliphatic carbocycles. The molecule has 0 aromatic heterocycles. The van der Waals surface area contributed by atoms with Crippen molar-refractivity contribution in [3.63, 3.8) is 0 Å². The van der Waals surface area contributed by atoms with Gasteiger partial charge in [0.2, 0.25) is 0 Å². The van der Waals surface area contributed by atoms with Gasteiger partial charge >= 0.3 is 17.9 Å². The van der Waals surface area contributed by atoms with E-state index in [1.807, 2.05) is 31.2 Å². The van der Waals surface area contributed by atoms with Crippen molar-refractivity contribution in [2.75, 3.05) is 0 Å². The van der Waals surface area contributed by atoms with Crippen molar-refractivity contribution in [1.82, 2.24) is 0 Å². The highest BCUT2D eigenvalue weighted by molar-refractivity contribution is 7.99. The van der Waals surface area contributed by atoms with Crippen molar-refractivity contribution < 1.29 is 33.3 Å². The molecule has 134 valence electrons. The fourth-order valence-corrected chi connectivity index (χ4v) is 3.90. The van der Waals surface area contributed by atoms with Gasteiger partial charge in [0.25, 0.3) is 0 Å². The predicted molar refractivity (Wildman–Crippen MR) is 86.7 cm³/mol. The minimum atomic E-state index is -1.02. The zero-order chi connectivity index (χ0) is 18.1. The Bertz CT molecular complexity index is 687. The first kappa shape index (κ1) is 17.8. The summed E-state index contributed by atoms with van der Waals surface area (Å²) < 4.78 is 21.6. The number of rotatable bonds is 4. The van der Waals surface area contributed by atoms with Crippen molar-refractivity contribution in [1.29, 1.82) is 0 Å². The lowest BCUT2D eigenvalue weighted by Crippen LogP contribution is -2.55. The Balaban J connectivity index is 1.85. The average molecular weight is 366 g/mol. The lowest BCUT2D eigenvalue weighted by atomic mass is 10.0. The Morgan fingerprint density at radius 2 is 1.64 bits per heavy atom. The maximum atomic E-state index is 12.0. The van der Waals surface area contributed by atoms with Crippen molar-refractivity contribution in [2.45, 2.75) is 55.5 Å². The first-order valence-corrected chi connectivity index (χ1v) is 8.67. The summed E-state index contributed by atoms with van der Waals surface area (Å²) in [7, 11) is 0. The number of esters is 3. The third kappa shape index (κ3) is 3.80. The quantitative estimate of drug-likeness (QED) is 0.586. The van der Waals surface area contributed by atoms with Crippen LogP contribution < -0.4 is 0 Å². The molecule has 25 heavy (non-hydrogen) atoms. The summed E-state index contributed by atoms with van der Waals surface area (Å²) in [5, 5.41) is 0. The van der Waals surface area contributed by atoms with Gasteiger partial charge in [0.05, 0.1) is 0 Å². The zero-order valence-corrected chi connectivity index (χ0v) is 14.8. The number of benzene rings is 1. The van der Waals surface area contributed by atoms with Gasteiger partial charge in [0.15, 0.2) is 24.4 Å². The number of carbonyl (C=O) groups is 3. The molecule has 0 radical (unpaired) electrons. The highest BCUT2D eigenvalue weighted by atomic mass is 32.2. The van der Waals surface area contributed by atoms with Crippen LogP contribution in [0.15, 0.2) is 29.2 Å². The molecule has 0 N–H and O–H groups in total. The van der Waals surface area contributed by atoms with E-state index in [1.165, 1.54) is 25.6 Å². The second-order valence-corrected chi connectivity index (χ2v) is 7.08. The van der Waals surface area contributed by atoms with E-state index in [1.54, 1.807) is 0 Å². The smallest absolute Gasteiger partial charge is 0.339 e. The van der Waals surface area contributed by atoms with Crippen molar-refractivity contribution in [3.05, 3.63) is 29.8 Å². The molecule has 7 nitrogen and oxygen atoms in total. The van der Waals surface area contributed by atoms with Crippen LogP contribution in [0.5, 0.6) is 0 Å². The summed E-state index contributed by atoms with van der Waals surface area (Å²) >= 11 is 1.32. The summed E-state index contributed by atoms with van der Waals surface area (Å²) in [5.41, 5.74) is 0.457. The van der Waals surface area contributed by atoms with E-state index in [2.05, 4.69) is 0 Å². The molecule has 0 unspecified atom stereocenters. The second kappa shape index (κ2) is 7.05. The molecule has 5 atom stereocenters. The monoisotopic (exact) mass is 366 g/mol. The van der Waals surface area contributed by atoms with E-state index in [0.717, 1.165) is 10.5 Å². The number of carbonyl (C=O) groups excluding carboxylic acids is 3. The molecule has 0 spiro atoms. The first-order chi connectivity index (χ1) is 11.8. The Morgan fingerprint density at radius 1 is 1.04 bits per heavy atom. The van der Waals surface area contributed by atoms with E-state index in [9.17, 15) is 14.4 Å². The van der Waals surface area contributed by atoms with Crippen LogP contribution in [0.3, 0.4) is 0 Å². The third-order valence-electron chi connectivity index (χ3n) is 3.86. The molecule has 2 aliphatic rings. The Labute approximate surface area is 148 Å². The van der Waals surface area contributed by atoms with E-state index >= 15 is 0 Å². The van der Waals surface area contributed by atoms with Crippen LogP contribution in [-0.2, 0) is 33.3 Å². The van der Waals surface area contributed by atoms with Crippen molar-refractivity contribution >= 4 is 29.7 Å². The molecule has 3 rings (SSSR count). The SMILES string of the molecule is CC(=O)O[C@@H]1[C@H]2OC(=O)[C@@H](O[C@H]1Sc1ccc(C)cc1)[C@H]2OC(C)=O. The number of aryl methyl sites for hydroxylation is 1. The summed E-state index contributed by atoms with van der Waals surface area (Å²) in [6, 6.07) is 7.72. The molecule has 1 aromatic rings. The summed E-state index contributed by atoms with van der Waals surface area (Å²) in [6.07, 6.45) is -3.72. The van der Waals surface area contributed by atoms with Crippen LogP contribution in [0.1, 0.15) is 19.4 Å². The van der Waals surface area contributed by atoms with Crippen molar-refractivity contribution in [2.24, 2.45) is 0 Å². The maximum absolute atomic E-state index is 12.0. The second-order valence-electron chi connectivity index (χ2n) is 5.91. The molecular formula is C17H18O7S. The molecular weight excluding hydrogens is 348 g/mol. The number of hydrogen-bond donors (Lipinski definition) is 0. The van der Waals surface area contributed by atoms with Crippen molar-refractivity contribution in [3.8, 4) is 0 Å². The van der Waals surface area contributed by atoms with E-state index in [-0.39, 0.29) is 0 Å². The Hall–Kier alpha value is -2.06. The Morgan fingerprint density at radius 3 is 2.24 bits per heavy atom. The highest BCUT2D eigenvalue weighted by Gasteiger charge is 2.60. The van der Waals surface area contributed by atoms with Crippen LogP contribution in [0.4, 0.5) is 0 Å². The van der Waals surface area contributed by atoms with Gasteiger partial charge in [-0.25, -0.2) is 4.79 Å². The lowest BCUT2D eigenvalue weighted by Gasteiger charge is -2.36. The van der Waals surface area contributed by atoms with Gasteiger partial charge in [-0.15, -0.1) is 0 Å². The van der Waals surface area contributed by atoms with E-state index in [0.29, 0.717) is 0 Å². The van der Waals surface area contributed by atoms with Gasteiger partial charge < -0.3 is 18.9 Å². The van der Waals surface area contributed by atoms with Gasteiger partial charge in [0, 0.05) is 18.7 Å². The molecule has 2 bridgehead atoms. The van der Waals surface area contributed by atoms with Gasteiger partial charge in [0.1, 0.15) is 5.44 Å². The van der Waals surface area contributed by atoms with Crippen LogP contribution in [-0.4, -0.2) is 47.8 Å². The molecule has 8 heteroatoms. The largest absolute Gasteiger partial charge is 0.455 e. The predicted octanol–water partition coefficient (Wildman–Crippen LogP) is 1.60. The fourth-order valence-electron chi connectivity index (χ4n) is 2.82. The maximum Gasteiger partial charge on any atom is 0.339 e. The zero-order valence-electron chi connectivity index (χ0n) is 14.0. The van der Waals surface area contributed by atoms with Gasteiger partial charge in [-0.05, 0) is 19.1 Å². The fraction of sp³-hybridized carbons (Fsp3) is 0.471. The Kier molecular flexibility index (Phi) is 5.01. The molecule has 2 saturated heterocycles. The van der Waals surface area contributed by atoms with Crippen LogP contribution in [0.25, 0.3) is 0 Å². The first-order valence-electron chi connectivity index (χ1n) is 7.79. The van der Waals surface area contributed by atoms with Gasteiger partial charge in [-0.3, -0.25) is 9.59 Å². The standard InChI is InChI=1S/C17H18O7S/c1-8-4-6-11(7-5-8)25-17-15(22-10(3)19)13-12(21-9(2)18)14(24-17)16(20)23-13/h4-7,12-15,17H,1-3H3/t12-,13-,14-,15+,17-/m0/s1. The number of hydrogen-bond acceptors (Lipinski definition) is 8. The summed E-state index contributed by atoms with van der Waals surface area (Å²) in [5.74, 6) is -1.72. The molecule has 2 fully saturated rings. The van der Waals surface area contributed by atoms with Crippen LogP contribution in [0, 0.1) is 6.92 Å². The summed E-state index contributed by atoms with van der Waals surface area (Å²) in [4.78, 5) is 35.7. The summed E-state index contributed by atoms with van der Waals surface area (Å²) in [6.45, 7) is 4.47. The van der Waals surface area contributed by atoms with E-state index in [4.69, 9.17) is 18.9 Å².